The molecular weight excluding hydrogens is 548 g/mol. The molecule has 0 radical (unpaired) electrons. The number of benzene rings is 2. The molecule has 162 valence electrons. The first-order valence-electron chi connectivity index (χ1n) is 9.26. The van der Waals surface area contributed by atoms with Crippen LogP contribution in [-0.2, 0) is 9.59 Å². The Morgan fingerprint density at radius 1 is 1.13 bits per heavy atom. The lowest BCUT2D eigenvalue weighted by molar-refractivity contribution is -0.127. The molecule has 6 nitrogen and oxygen atoms in total. The fourth-order valence-electron chi connectivity index (χ4n) is 3.38. The van der Waals surface area contributed by atoms with Crippen molar-refractivity contribution < 1.29 is 19.1 Å². The minimum absolute atomic E-state index is 0.226. The summed E-state index contributed by atoms with van der Waals surface area (Å²) in [5.41, 5.74) is 4.27. The number of anilines is 1. The van der Waals surface area contributed by atoms with E-state index in [0.29, 0.717) is 21.5 Å². The maximum absolute atomic E-state index is 12.8. The molecule has 0 aromatic heterocycles. The number of methoxy groups -OCH3 is 1. The fraction of sp³-hybridized carbons (Fsp3) is 0.227. The van der Waals surface area contributed by atoms with Gasteiger partial charge in [0.25, 0.3) is 11.1 Å². The highest BCUT2D eigenvalue weighted by molar-refractivity contribution is 9.11. The number of hydrogen-bond acceptors (Lipinski definition) is 5. The Morgan fingerprint density at radius 2 is 1.77 bits per heavy atom. The van der Waals surface area contributed by atoms with Crippen LogP contribution in [0.1, 0.15) is 22.3 Å². The zero-order chi connectivity index (χ0) is 22.9. The molecule has 3 amide bonds. The summed E-state index contributed by atoms with van der Waals surface area (Å²) in [6.07, 6.45) is 1.59. The second-order valence-corrected chi connectivity index (χ2v) is 9.86. The van der Waals surface area contributed by atoms with Gasteiger partial charge in [-0.1, -0.05) is 33.6 Å². The molecule has 3 rings (SSSR count). The number of carbonyl (C=O) groups is 3. The van der Waals surface area contributed by atoms with Gasteiger partial charge in [0.1, 0.15) is 12.3 Å². The van der Waals surface area contributed by atoms with Crippen LogP contribution in [0.4, 0.5) is 10.5 Å². The second kappa shape index (κ2) is 9.58. The van der Waals surface area contributed by atoms with E-state index in [1.165, 1.54) is 7.11 Å². The number of imide groups is 1. The van der Waals surface area contributed by atoms with Crippen molar-refractivity contribution >= 4 is 72.4 Å². The number of nitrogens with zero attached hydrogens (tertiary/aromatic N) is 1. The van der Waals surface area contributed by atoms with Crippen LogP contribution in [0.15, 0.2) is 38.1 Å². The lowest BCUT2D eigenvalue weighted by Gasteiger charge is -2.16. The fourth-order valence-corrected chi connectivity index (χ4v) is 5.63. The van der Waals surface area contributed by atoms with Crippen LogP contribution in [0.25, 0.3) is 6.08 Å². The van der Waals surface area contributed by atoms with Gasteiger partial charge in [0, 0.05) is 15.7 Å². The Balaban J connectivity index is 1.80. The third-order valence-corrected chi connectivity index (χ3v) is 6.60. The average Bonchev–Trinajstić information content (AvgIpc) is 2.92. The Bertz CT molecular complexity index is 1110. The van der Waals surface area contributed by atoms with Crippen LogP contribution in [0.5, 0.6) is 5.75 Å². The van der Waals surface area contributed by atoms with Crippen LogP contribution >= 0.6 is 43.6 Å². The highest BCUT2D eigenvalue weighted by atomic mass is 79.9. The number of halogens is 2. The molecule has 1 fully saturated rings. The first-order chi connectivity index (χ1) is 14.6. The van der Waals surface area contributed by atoms with Gasteiger partial charge < -0.3 is 10.1 Å². The summed E-state index contributed by atoms with van der Waals surface area (Å²) < 4.78 is 6.89. The Kier molecular flexibility index (Phi) is 7.28. The van der Waals surface area contributed by atoms with Crippen LogP contribution in [0.3, 0.4) is 0 Å². The quantitative estimate of drug-likeness (QED) is 0.461. The van der Waals surface area contributed by atoms with E-state index in [1.54, 1.807) is 12.1 Å². The molecule has 0 atom stereocenters. The number of carbonyl (C=O) groups excluding carboxylic acids is 3. The van der Waals surface area contributed by atoms with Gasteiger partial charge >= 0.3 is 0 Å². The summed E-state index contributed by atoms with van der Waals surface area (Å²) in [7, 11) is 1.52. The Labute approximate surface area is 201 Å². The van der Waals surface area contributed by atoms with E-state index < -0.39 is 17.1 Å². The summed E-state index contributed by atoms with van der Waals surface area (Å²) in [6, 6.07) is 7.54. The van der Waals surface area contributed by atoms with Gasteiger partial charge in [-0.2, -0.15) is 0 Å². The summed E-state index contributed by atoms with van der Waals surface area (Å²) in [4.78, 5) is 39.0. The highest BCUT2D eigenvalue weighted by Crippen LogP contribution is 2.38. The van der Waals surface area contributed by atoms with E-state index in [1.807, 2.05) is 39.0 Å². The summed E-state index contributed by atoms with van der Waals surface area (Å²) in [5, 5.41) is 2.34. The third kappa shape index (κ3) is 5.22. The van der Waals surface area contributed by atoms with Crippen molar-refractivity contribution in [2.45, 2.75) is 20.8 Å². The maximum atomic E-state index is 12.8. The van der Waals surface area contributed by atoms with Gasteiger partial charge in [0.15, 0.2) is 0 Å². The molecule has 0 saturated carbocycles. The van der Waals surface area contributed by atoms with Crippen LogP contribution in [-0.4, -0.2) is 35.6 Å². The normalized spacial score (nSPS) is 15.0. The summed E-state index contributed by atoms with van der Waals surface area (Å²) in [6.45, 7) is 5.44. The summed E-state index contributed by atoms with van der Waals surface area (Å²) >= 11 is 7.62. The monoisotopic (exact) mass is 566 g/mol. The molecule has 2 aromatic carbocycles. The number of rotatable bonds is 5. The first kappa shape index (κ1) is 23.6. The minimum Gasteiger partial charge on any atom is -0.495 e. The van der Waals surface area contributed by atoms with Crippen molar-refractivity contribution in [3.63, 3.8) is 0 Å². The number of aryl methyl sites for hydroxylation is 3. The molecule has 0 bridgehead atoms. The van der Waals surface area contributed by atoms with E-state index in [-0.39, 0.29) is 11.4 Å². The van der Waals surface area contributed by atoms with E-state index in [9.17, 15) is 14.4 Å². The number of amides is 3. The van der Waals surface area contributed by atoms with Crippen molar-refractivity contribution in [1.29, 1.82) is 0 Å². The SMILES string of the molecule is COc1c(Br)cc(Br)cc1/C=C1/SC(=O)N(CC(=O)Nc2c(C)cc(C)cc2C)C1=O. The van der Waals surface area contributed by atoms with Crippen LogP contribution in [0.2, 0.25) is 0 Å². The largest absolute Gasteiger partial charge is 0.495 e. The predicted molar refractivity (Wildman–Crippen MR) is 130 cm³/mol. The van der Waals surface area contributed by atoms with Crippen LogP contribution in [0, 0.1) is 20.8 Å². The van der Waals surface area contributed by atoms with Crippen molar-refractivity contribution in [2.75, 3.05) is 19.0 Å². The van der Waals surface area contributed by atoms with Gasteiger partial charge in [-0.3, -0.25) is 19.3 Å². The van der Waals surface area contributed by atoms with Gasteiger partial charge in [-0.15, -0.1) is 0 Å². The third-order valence-electron chi connectivity index (χ3n) is 4.64. The average molecular weight is 568 g/mol. The highest BCUT2D eigenvalue weighted by Gasteiger charge is 2.36. The molecule has 1 saturated heterocycles. The van der Waals surface area contributed by atoms with Gasteiger partial charge in [0.2, 0.25) is 5.91 Å². The lowest BCUT2D eigenvalue weighted by atomic mass is 10.1. The van der Waals surface area contributed by atoms with Gasteiger partial charge in [-0.05, 0) is 77.8 Å². The topological polar surface area (TPSA) is 75.7 Å². The maximum Gasteiger partial charge on any atom is 0.294 e. The first-order valence-corrected chi connectivity index (χ1v) is 11.7. The molecule has 1 aliphatic heterocycles. The molecule has 0 spiro atoms. The van der Waals surface area contributed by atoms with E-state index in [2.05, 4.69) is 37.2 Å². The van der Waals surface area contributed by atoms with E-state index in [4.69, 9.17) is 4.74 Å². The molecule has 0 unspecified atom stereocenters. The molecule has 2 aromatic rings. The molecule has 9 heteroatoms. The van der Waals surface area contributed by atoms with E-state index >= 15 is 0 Å². The second-order valence-electron chi connectivity index (χ2n) is 7.10. The van der Waals surface area contributed by atoms with Gasteiger partial charge in [0.05, 0.1) is 16.5 Å². The molecular formula is C22H20Br2N2O4S. The minimum atomic E-state index is -0.513. The number of hydrogen-bond donors (Lipinski definition) is 1. The van der Waals surface area contributed by atoms with E-state index in [0.717, 1.165) is 37.8 Å². The lowest BCUT2D eigenvalue weighted by Crippen LogP contribution is -2.36. The predicted octanol–water partition coefficient (Wildman–Crippen LogP) is 5.82. The zero-order valence-corrected chi connectivity index (χ0v) is 21.3. The smallest absolute Gasteiger partial charge is 0.294 e. The molecule has 1 N–H and O–H groups in total. The van der Waals surface area contributed by atoms with Crippen molar-refractivity contribution in [3.05, 3.63) is 60.4 Å². The number of nitrogens with one attached hydrogen (secondary N) is 1. The summed E-state index contributed by atoms with van der Waals surface area (Å²) in [5.74, 6) is -0.403. The zero-order valence-electron chi connectivity index (χ0n) is 17.3. The van der Waals surface area contributed by atoms with Crippen molar-refractivity contribution in [3.8, 4) is 5.75 Å². The number of thioether (sulfide) groups is 1. The van der Waals surface area contributed by atoms with Crippen molar-refractivity contribution in [1.82, 2.24) is 4.90 Å². The molecule has 1 aliphatic rings. The Hall–Kier alpha value is -2.10. The van der Waals surface area contributed by atoms with Gasteiger partial charge in [-0.25, -0.2) is 0 Å². The standard InChI is InChI=1S/C22H20Br2N2O4S/c1-11-5-12(2)19(13(3)6-11)25-18(27)10-26-21(28)17(31-22(26)29)8-14-7-15(23)9-16(24)20(14)30-4/h5-9H,10H2,1-4H3,(H,25,27)/b17-8+. The number of ether oxygens (including phenoxy) is 1. The Morgan fingerprint density at radius 3 is 2.39 bits per heavy atom. The van der Waals surface area contributed by atoms with Crippen LogP contribution < -0.4 is 10.1 Å². The molecule has 31 heavy (non-hydrogen) atoms. The van der Waals surface area contributed by atoms with Crippen molar-refractivity contribution in [2.24, 2.45) is 0 Å². The molecule has 1 heterocycles. The molecule has 0 aliphatic carbocycles.